The highest BCUT2D eigenvalue weighted by Gasteiger charge is 2.49. The van der Waals surface area contributed by atoms with Gasteiger partial charge in [0.15, 0.2) is 0 Å². The number of nitrogens with two attached hydrogens (primary N) is 1. The van der Waals surface area contributed by atoms with E-state index >= 15 is 0 Å². The van der Waals surface area contributed by atoms with Gasteiger partial charge in [-0.1, -0.05) is 54.6 Å². The van der Waals surface area contributed by atoms with Crippen molar-refractivity contribution < 1.29 is 4.79 Å². The molecule has 6 rings (SSSR count). The fourth-order valence-corrected chi connectivity index (χ4v) is 5.85. The minimum Gasteiger partial charge on any atom is -0.364 e. The van der Waals surface area contributed by atoms with E-state index in [9.17, 15) is 4.79 Å². The van der Waals surface area contributed by atoms with Gasteiger partial charge in [0, 0.05) is 60.3 Å². The number of aryl methyl sites for hydroxylation is 1. The van der Waals surface area contributed by atoms with E-state index in [-0.39, 0.29) is 5.69 Å². The highest BCUT2D eigenvalue weighted by Crippen LogP contribution is 2.39. The molecule has 1 amide bonds. The Labute approximate surface area is 205 Å². The van der Waals surface area contributed by atoms with Gasteiger partial charge in [-0.15, -0.1) is 0 Å². The van der Waals surface area contributed by atoms with E-state index < -0.39 is 5.91 Å². The zero-order valence-corrected chi connectivity index (χ0v) is 20.2. The van der Waals surface area contributed by atoms with Crippen molar-refractivity contribution >= 4 is 16.8 Å². The minimum atomic E-state index is -0.545. The highest BCUT2D eigenvalue weighted by molar-refractivity contribution is 5.98. The molecule has 35 heavy (non-hydrogen) atoms. The predicted molar refractivity (Wildman–Crippen MR) is 139 cm³/mol. The number of amides is 1. The van der Waals surface area contributed by atoms with Crippen molar-refractivity contribution in [3.05, 3.63) is 83.7 Å². The molecule has 0 radical (unpaired) electrons. The highest BCUT2D eigenvalue weighted by atomic mass is 16.1. The summed E-state index contributed by atoms with van der Waals surface area (Å²) in [7, 11) is 2.20. The van der Waals surface area contributed by atoms with Crippen molar-refractivity contribution in [2.45, 2.75) is 13.5 Å². The van der Waals surface area contributed by atoms with E-state index in [2.05, 4.69) is 64.3 Å². The van der Waals surface area contributed by atoms with Gasteiger partial charge in [0.2, 0.25) is 0 Å². The maximum Gasteiger partial charge on any atom is 0.267 e. The van der Waals surface area contributed by atoms with Crippen LogP contribution in [0.1, 0.15) is 21.7 Å². The van der Waals surface area contributed by atoms with Gasteiger partial charge in [0.25, 0.3) is 5.91 Å². The van der Waals surface area contributed by atoms with Crippen LogP contribution in [0.25, 0.3) is 33.3 Å². The maximum absolute atomic E-state index is 11.8. The van der Waals surface area contributed by atoms with E-state index in [1.165, 1.54) is 31.7 Å². The SMILES string of the molecule is Cc1nc(C(N)=O)cc2nc(-c3ccc(CN4CC5(CN(C)C5)C4)cc3)c(-c3ccccc3)cc12. The Morgan fingerprint density at radius 2 is 1.66 bits per heavy atom. The minimum absolute atomic E-state index is 0.237. The molecule has 2 fully saturated rings. The third kappa shape index (κ3) is 3.99. The Morgan fingerprint density at radius 3 is 2.31 bits per heavy atom. The molecule has 2 N–H and O–H groups in total. The number of hydrogen-bond acceptors (Lipinski definition) is 5. The number of rotatable bonds is 5. The molecule has 0 atom stereocenters. The summed E-state index contributed by atoms with van der Waals surface area (Å²) in [6.45, 7) is 7.71. The van der Waals surface area contributed by atoms with Gasteiger partial charge in [-0.2, -0.15) is 0 Å². The number of likely N-dealkylation sites (tertiary alicyclic amines) is 2. The van der Waals surface area contributed by atoms with Crippen LogP contribution in [0.15, 0.2) is 66.7 Å². The Morgan fingerprint density at radius 1 is 0.943 bits per heavy atom. The standard InChI is InChI=1S/C29H29N5O/c1-19-23-12-24(21-6-4-3-5-7-21)27(32-25(23)13-26(31-19)28(30)35)22-10-8-20(9-11-22)14-34-17-29(18-34)15-33(2)16-29/h3-13H,14-18H2,1-2H3,(H2,30,35). The van der Waals surface area contributed by atoms with Gasteiger partial charge >= 0.3 is 0 Å². The quantitative estimate of drug-likeness (QED) is 0.482. The van der Waals surface area contributed by atoms with Crippen molar-refractivity contribution in [3.63, 3.8) is 0 Å². The van der Waals surface area contributed by atoms with Gasteiger partial charge in [0.1, 0.15) is 5.69 Å². The first-order valence-electron chi connectivity index (χ1n) is 12.1. The molecule has 2 aliphatic heterocycles. The Bertz CT molecular complexity index is 1420. The number of fused-ring (bicyclic) bond motifs is 1. The first-order valence-corrected chi connectivity index (χ1v) is 12.1. The van der Waals surface area contributed by atoms with Crippen LogP contribution >= 0.6 is 0 Å². The maximum atomic E-state index is 11.8. The summed E-state index contributed by atoms with van der Waals surface area (Å²) in [4.78, 5) is 26.2. The average Bonchev–Trinajstić information content (AvgIpc) is 2.82. The van der Waals surface area contributed by atoms with Gasteiger partial charge in [-0.05, 0) is 37.2 Å². The van der Waals surface area contributed by atoms with Crippen LogP contribution in [0.2, 0.25) is 0 Å². The summed E-state index contributed by atoms with van der Waals surface area (Å²) in [5.41, 5.74) is 13.2. The van der Waals surface area contributed by atoms with Crippen LogP contribution in [0.4, 0.5) is 0 Å². The predicted octanol–water partition coefficient (Wildman–Crippen LogP) is 4.12. The number of carbonyl (C=O) groups excluding carboxylic acids is 1. The van der Waals surface area contributed by atoms with E-state index in [4.69, 9.17) is 10.7 Å². The molecule has 6 heteroatoms. The van der Waals surface area contributed by atoms with E-state index in [0.717, 1.165) is 45.5 Å². The monoisotopic (exact) mass is 463 g/mol. The number of hydrogen-bond donors (Lipinski definition) is 1. The molecule has 2 saturated heterocycles. The van der Waals surface area contributed by atoms with Crippen LogP contribution in [0.5, 0.6) is 0 Å². The molecule has 0 aliphatic carbocycles. The van der Waals surface area contributed by atoms with Crippen molar-refractivity contribution in [1.82, 2.24) is 19.8 Å². The average molecular weight is 464 g/mol. The molecule has 0 unspecified atom stereocenters. The molecule has 176 valence electrons. The topological polar surface area (TPSA) is 75.3 Å². The molecule has 2 aromatic carbocycles. The molecule has 0 bridgehead atoms. The van der Waals surface area contributed by atoms with Gasteiger partial charge in [-0.25, -0.2) is 9.97 Å². The summed E-state index contributed by atoms with van der Waals surface area (Å²) in [6.07, 6.45) is 0. The second kappa shape index (κ2) is 8.26. The van der Waals surface area contributed by atoms with Crippen LogP contribution in [0, 0.1) is 12.3 Å². The lowest BCUT2D eigenvalue weighted by molar-refractivity contribution is -0.107. The molecule has 1 spiro atoms. The molecule has 0 saturated carbocycles. The van der Waals surface area contributed by atoms with Gasteiger partial charge < -0.3 is 10.6 Å². The van der Waals surface area contributed by atoms with E-state index in [0.29, 0.717) is 5.41 Å². The van der Waals surface area contributed by atoms with Crippen molar-refractivity contribution in [1.29, 1.82) is 0 Å². The summed E-state index contributed by atoms with van der Waals surface area (Å²) in [5.74, 6) is -0.545. The first kappa shape index (κ1) is 21.9. The normalized spacial score (nSPS) is 17.3. The zero-order valence-electron chi connectivity index (χ0n) is 20.2. The zero-order chi connectivity index (χ0) is 24.2. The number of benzene rings is 2. The first-order chi connectivity index (χ1) is 16.9. The van der Waals surface area contributed by atoms with Gasteiger partial charge in [0.05, 0.1) is 11.2 Å². The second-order valence-corrected chi connectivity index (χ2v) is 10.3. The third-order valence-corrected chi connectivity index (χ3v) is 7.30. The van der Waals surface area contributed by atoms with Crippen LogP contribution in [-0.4, -0.2) is 58.9 Å². The summed E-state index contributed by atoms with van der Waals surface area (Å²) in [5, 5.41) is 0.919. The summed E-state index contributed by atoms with van der Waals surface area (Å²) in [6, 6.07) is 22.8. The fourth-order valence-electron chi connectivity index (χ4n) is 5.85. The van der Waals surface area contributed by atoms with E-state index in [1.807, 2.05) is 25.1 Å². The lowest BCUT2D eigenvalue weighted by Crippen LogP contribution is -2.70. The molecule has 6 nitrogen and oxygen atoms in total. The molecule has 4 aromatic rings. The molecule has 4 heterocycles. The number of primary amides is 1. The van der Waals surface area contributed by atoms with Crippen LogP contribution in [0.3, 0.4) is 0 Å². The Balaban J connectivity index is 1.35. The van der Waals surface area contributed by atoms with Crippen LogP contribution < -0.4 is 5.73 Å². The molecule has 2 aromatic heterocycles. The molecule has 2 aliphatic rings. The Hall–Kier alpha value is -3.61. The number of aromatic nitrogens is 2. The largest absolute Gasteiger partial charge is 0.364 e. The van der Waals surface area contributed by atoms with Crippen molar-refractivity contribution in [3.8, 4) is 22.4 Å². The summed E-state index contributed by atoms with van der Waals surface area (Å²) < 4.78 is 0. The molecular weight excluding hydrogens is 434 g/mol. The lowest BCUT2D eigenvalue weighted by Gasteiger charge is -2.59. The third-order valence-electron chi connectivity index (χ3n) is 7.30. The Kier molecular flexibility index (Phi) is 5.16. The molecular formula is C29H29N5O. The summed E-state index contributed by atoms with van der Waals surface area (Å²) >= 11 is 0. The van der Waals surface area contributed by atoms with Crippen molar-refractivity contribution in [2.24, 2.45) is 11.1 Å². The fraction of sp³-hybridized carbons (Fsp3) is 0.276. The van der Waals surface area contributed by atoms with E-state index in [1.54, 1.807) is 6.07 Å². The second-order valence-electron chi connectivity index (χ2n) is 10.3. The van der Waals surface area contributed by atoms with Gasteiger partial charge in [-0.3, -0.25) is 9.69 Å². The number of pyridine rings is 2. The van der Waals surface area contributed by atoms with Crippen molar-refractivity contribution in [2.75, 3.05) is 33.2 Å². The number of carbonyl (C=O) groups is 1. The number of nitrogens with zero attached hydrogens (tertiary/aromatic N) is 4. The smallest absolute Gasteiger partial charge is 0.267 e. The van der Waals surface area contributed by atoms with Crippen LogP contribution in [-0.2, 0) is 6.54 Å². The lowest BCUT2D eigenvalue weighted by atomic mass is 9.73.